The van der Waals surface area contributed by atoms with Crippen LogP contribution in [0.5, 0.6) is 5.75 Å². The summed E-state index contributed by atoms with van der Waals surface area (Å²) in [6.07, 6.45) is 2.28. The highest BCUT2D eigenvalue weighted by atomic mass is 32.1. The Hall–Kier alpha value is -0.840. The maximum atomic E-state index is 9.75. The van der Waals surface area contributed by atoms with E-state index in [1.54, 1.807) is 5.38 Å². The van der Waals surface area contributed by atoms with Crippen molar-refractivity contribution in [2.75, 3.05) is 0 Å². The number of fused-ring (bicyclic) bond motifs is 1. The lowest BCUT2D eigenvalue weighted by Crippen LogP contribution is -2.42. The van der Waals surface area contributed by atoms with Crippen LogP contribution >= 0.6 is 11.3 Å². The van der Waals surface area contributed by atoms with Crippen molar-refractivity contribution in [3.63, 3.8) is 0 Å². The van der Waals surface area contributed by atoms with Gasteiger partial charge < -0.3 is 15.3 Å². The summed E-state index contributed by atoms with van der Waals surface area (Å²) in [4.78, 5) is 0.993. The molecule has 4 heteroatoms. The number of hydrogen-bond donors (Lipinski definition) is 3. The highest BCUT2D eigenvalue weighted by molar-refractivity contribution is 7.10. The fraction of sp³-hybridized carbons (Fsp3) is 0.400. The molecule has 4 unspecified atom stereocenters. The molecule has 1 aromatic heterocycles. The lowest BCUT2D eigenvalue weighted by molar-refractivity contribution is -0.00982. The van der Waals surface area contributed by atoms with Crippen LogP contribution in [0.4, 0.5) is 0 Å². The summed E-state index contributed by atoms with van der Waals surface area (Å²) in [5.74, 6) is -0.137. The SMILES string of the molecule is Oc1csc2c1C1C=CC2C(O)C1O. The minimum atomic E-state index is -0.780. The van der Waals surface area contributed by atoms with Crippen molar-refractivity contribution in [2.45, 2.75) is 24.0 Å². The summed E-state index contributed by atoms with van der Waals surface area (Å²) in [6, 6.07) is 0. The van der Waals surface area contributed by atoms with Gasteiger partial charge in [0, 0.05) is 27.7 Å². The third kappa shape index (κ3) is 0.834. The maximum absolute atomic E-state index is 9.75. The van der Waals surface area contributed by atoms with Crippen LogP contribution in [0.3, 0.4) is 0 Å². The van der Waals surface area contributed by atoms with Crippen LogP contribution in [0.2, 0.25) is 0 Å². The summed E-state index contributed by atoms with van der Waals surface area (Å²) < 4.78 is 0. The van der Waals surface area contributed by atoms with Crippen LogP contribution in [-0.4, -0.2) is 27.5 Å². The van der Waals surface area contributed by atoms with E-state index in [9.17, 15) is 15.3 Å². The van der Waals surface area contributed by atoms with Crippen molar-refractivity contribution >= 4 is 11.3 Å². The van der Waals surface area contributed by atoms with Gasteiger partial charge in [0.1, 0.15) is 5.75 Å². The zero-order chi connectivity index (χ0) is 9.87. The molecule has 2 bridgehead atoms. The Morgan fingerprint density at radius 2 is 1.71 bits per heavy atom. The molecule has 3 aliphatic carbocycles. The fourth-order valence-corrected chi connectivity index (χ4v) is 3.48. The first-order valence-electron chi connectivity index (χ1n) is 4.55. The van der Waals surface area contributed by atoms with Gasteiger partial charge in [0.2, 0.25) is 0 Å². The number of aliphatic hydroxyl groups excluding tert-OH is 2. The molecule has 0 aliphatic heterocycles. The number of rotatable bonds is 0. The van der Waals surface area contributed by atoms with Gasteiger partial charge in [-0.25, -0.2) is 0 Å². The minimum Gasteiger partial charge on any atom is -0.507 e. The summed E-state index contributed by atoms with van der Waals surface area (Å²) in [5.41, 5.74) is 0.806. The van der Waals surface area contributed by atoms with E-state index in [-0.39, 0.29) is 17.6 Å². The molecule has 3 N–H and O–H groups in total. The predicted octanol–water partition coefficient (Wildman–Crippen LogP) is 0.926. The van der Waals surface area contributed by atoms with Crippen LogP contribution in [0.25, 0.3) is 0 Å². The van der Waals surface area contributed by atoms with Crippen molar-refractivity contribution in [3.05, 3.63) is 28.0 Å². The summed E-state index contributed by atoms with van der Waals surface area (Å²) in [5, 5.41) is 30.8. The Bertz CT molecular complexity index is 409. The first-order valence-corrected chi connectivity index (χ1v) is 5.43. The average molecular weight is 210 g/mol. The molecule has 4 atom stereocenters. The van der Waals surface area contributed by atoms with E-state index in [2.05, 4.69) is 0 Å². The second kappa shape index (κ2) is 2.59. The van der Waals surface area contributed by atoms with Crippen molar-refractivity contribution in [3.8, 4) is 5.75 Å². The number of aromatic hydroxyl groups is 1. The molecule has 4 rings (SSSR count). The van der Waals surface area contributed by atoms with Crippen LogP contribution in [0, 0.1) is 0 Å². The third-order valence-electron chi connectivity index (χ3n) is 3.09. The Morgan fingerprint density at radius 3 is 2.50 bits per heavy atom. The number of thiophene rings is 1. The van der Waals surface area contributed by atoms with E-state index in [1.165, 1.54) is 11.3 Å². The lowest BCUT2D eigenvalue weighted by atomic mass is 9.72. The van der Waals surface area contributed by atoms with Gasteiger partial charge in [0.25, 0.3) is 0 Å². The van der Waals surface area contributed by atoms with Crippen molar-refractivity contribution in [2.24, 2.45) is 0 Å². The van der Waals surface area contributed by atoms with Gasteiger partial charge >= 0.3 is 0 Å². The van der Waals surface area contributed by atoms with Crippen LogP contribution < -0.4 is 0 Å². The molecule has 3 nitrogen and oxygen atoms in total. The van der Waals surface area contributed by atoms with Gasteiger partial charge in [-0.05, 0) is 0 Å². The van der Waals surface area contributed by atoms with E-state index in [0.717, 1.165) is 10.4 Å². The standard InChI is InChI=1S/C10H10O3S/c11-6-3-14-10-5-2-1-4(7(6)10)8(12)9(5)13/h1-5,8-9,11-13H. The molecule has 3 aliphatic rings. The first-order chi connectivity index (χ1) is 6.70. The zero-order valence-corrected chi connectivity index (χ0v) is 8.11. The Kier molecular flexibility index (Phi) is 1.57. The normalized spacial score (nSPS) is 38.7. The zero-order valence-electron chi connectivity index (χ0n) is 7.29. The fourth-order valence-electron chi connectivity index (χ4n) is 2.37. The maximum Gasteiger partial charge on any atom is 0.130 e. The molecular weight excluding hydrogens is 200 g/mol. The monoisotopic (exact) mass is 210 g/mol. The molecule has 0 saturated carbocycles. The highest BCUT2D eigenvalue weighted by Gasteiger charge is 2.44. The largest absolute Gasteiger partial charge is 0.507 e. The summed E-state index contributed by atoms with van der Waals surface area (Å²) in [7, 11) is 0. The quantitative estimate of drug-likeness (QED) is 0.558. The van der Waals surface area contributed by atoms with E-state index in [1.807, 2.05) is 12.2 Å². The molecular formula is C10H10O3S. The van der Waals surface area contributed by atoms with E-state index in [4.69, 9.17) is 0 Å². The van der Waals surface area contributed by atoms with Gasteiger partial charge in [-0.15, -0.1) is 11.3 Å². The van der Waals surface area contributed by atoms with Gasteiger partial charge in [-0.2, -0.15) is 0 Å². The molecule has 1 heterocycles. The average Bonchev–Trinajstić information content (AvgIpc) is 2.57. The second-order valence-corrected chi connectivity index (χ2v) is 4.73. The Balaban J connectivity index is 2.23. The molecule has 0 radical (unpaired) electrons. The van der Waals surface area contributed by atoms with Crippen molar-refractivity contribution < 1.29 is 15.3 Å². The second-order valence-electron chi connectivity index (χ2n) is 3.82. The molecule has 0 aromatic carbocycles. The van der Waals surface area contributed by atoms with Gasteiger partial charge in [-0.3, -0.25) is 0 Å². The van der Waals surface area contributed by atoms with E-state index < -0.39 is 12.2 Å². The van der Waals surface area contributed by atoms with Gasteiger partial charge in [0.15, 0.2) is 0 Å². The predicted molar refractivity (Wildman–Crippen MR) is 52.6 cm³/mol. The molecule has 1 aromatic rings. The smallest absolute Gasteiger partial charge is 0.130 e. The Morgan fingerprint density at radius 1 is 1.07 bits per heavy atom. The van der Waals surface area contributed by atoms with E-state index >= 15 is 0 Å². The first kappa shape index (κ1) is 8.47. The van der Waals surface area contributed by atoms with Crippen LogP contribution in [0.15, 0.2) is 17.5 Å². The summed E-state index contributed by atoms with van der Waals surface area (Å²) in [6.45, 7) is 0. The van der Waals surface area contributed by atoms with E-state index in [0.29, 0.717) is 0 Å². The molecule has 0 amide bonds. The molecule has 14 heavy (non-hydrogen) atoms. The van der Waals surface area contributed by atoms with Gasteiger partial charge in [-0.1, -0.05) is 12.2 Å². The molecule has 74 valence electrons. The molecule has 0 spiro atoms. The highest BCUT2D eigenvalue weighted by Crippen LogP contribution is 2.51. The number of hydrogen-bond acceptors (Lipinski definition) is 4. The minimum absolute atomic E-state index is 0.143. The summed E-state index contributed by atoms with van der Waals surface area (Å²) >= 11 is 1.45. The van der Waals surface area contributed by atoms with Crippen molar-refractivity contribution in [1.82, 2.24) is 0 Å². The van der Waals surface area contributed by atoms with Gasteiger partial charge in [0.05, 0.1) is 12.2 Å². The molecule has 0 fully saturated rings. The number of aliphatic hydroxyl groups is 2. The Labute approximate surface area is 84.9 Å². The topological polar surface area (TPSA) is 60.7 Å². The lowest BCUT2D eigenvalue weighted by Gasteiger charge is -2.39. The third-order valence-corrected chi connectivity index (χ3v) is 4.17. The van der Waals surface area contributed by atoms with Crippen LogP contribution in [0.1, 0.15) is 22.3 Å². The van der Waals surface area contributed by atoms with Crippen molar-refractivity contribution in [1.29, 1.82) is 0 Å². The van der Waals surface area contributed by atoms with Crippen LogP contribution in [-0.2, 0) is 0 Å². The molecule has 0 saturated heterocycles.